The van der Waals surface area contributed by atoms with E-state index in [2.05, 4.69) is 71.1 Å². The topological polar surface area (TPSA) is 33.6 Å². The summed E-state index contributed by atoms with van der Waals surface area (Å²) in [5.74, 6) is 1.66. The minimum Gasteiger partial charge on any atom is -0.497 e. The van der Waals surface area contributed by atoms with Gasteiger partial charge < -0.3 is 10.1 Å². The van der Waals surface area contributed by atoms with Crippen LogP contribution in [0.4, 0.5) is 11.4 Å². The molecule has 150 valence electrons. The van der Waals surface area contributed by atoms with Gasteiger partial charge in [0.05, 0.1) is 12.8 Å². The predicted octanol–water partition coefficient (Wildman–Crippen LogP) is 6.74. The van der Waals surface area contributed by atoms with Crippen molar-refractivity contribution in [1.82, 2.24) is 0 Å². The first-order valence-corrected chi connectivity index (χ1v) is 9.94. The molecule has 3 rings (SSSR count). The van der Waals surface area contributed by atoms with Gasteiger partial charge in [-0.1, -0.05) is 35.4 Å². The van der Waals surface area contributed by atoms with E-state index < -0.39 is 0 Å². The number of nitrogens with zero attached hydrogens (tertiary/aromatic N) is 1. The zero-order valence-electron chi connectivity index (χ0n) is 18.5. The fourth-order valence-corrected chi connectivity index (χ4v) is 3.87. The van der Waals surface area contributed by atoms with E-state index in [4.69, 9.17) is 9.73 Å². The summed E-state index contributed by atoms with van der Waals surface area (Å²) in [5.41, 5.74) is 10.4. The molecule has 0 spiro atoms. The molecule has 3 aromatic rings. The van der Waals surface area contributed by atoms with E-state index >= 15 is 0 Å². The Labute approximate surface area is 174 Å². The van der Waals surface area contributed by atoms with E-state index in [0.29, 0.717) is 0 Å². The van der Waals surface area contributed by atoms with Gasteiger partial charge in [0.25, 0.3) is 0 Å². The highest BCUT2D eigenvalue weighted by Crippen LogP contribution is 2.28. The minimum atomic E-state index is 0.831. The van der Waals surface area contributed by atoms with Gasteiger partial charge in [-0.05, 0) is 88.1 Å². The highest BCUT2D eigenvalue weighted by Gasteiger charge is 2.12. The van der Waals surface area contributed by atoms with Crippen LogP contribution in [0.1, 0.15) is 38.9 Å². The van der Waals surface area contributed by atoms with Gasteiger partial charge in [0.1, 0.15) is 11.6 Å². The molecule has 0 saturated heterocycles. The molecule has 0 aliphatic heterocycles. The summed E-state index contributed by atoms with van der Waals surface area (Å²) in [6.45, 7) is 12.8. The lowest BCUT2D eigenvalue weighted by Gasteiger charge is -2.17. The third-order valence-corrected chi connectivity index (χ3v) is 5.14. The van der Waals surface area contributed by atoms with Gasteiger partial charge in [0.15, 0.2) is 0 Å². The number of aryl methyl sites for hydroxylation is 6. The minimum absolute atomic E-state index is 0.831. The Bertz CT molecular complexity index is 1020. The molecule has 1 N–H and O–H groups in total. The van der Waals surface area contributed by atoms with Crippen molar-refractivity contribution in [2.24, 2.45) is 4.99 Å². The van der Waals surface area contributed by atoms with Gasteiger partial charge in [0, 0.05) is 11.3 Å². The lowest BCUT2D eigenvalue weighted by Crippen LogP contribution is -2.15. The maximum atomic E-state index is 5.33. The second-order valence-electron chi connectivity index (χ2n) is 7.83. The lowest BCUT2D eigenvalue weighted by molar-refractivity contribution is 0.415. The molecule has 0 fully saturated rings. The van der Waals surface area contributed by atoms with Gasteiger partial charge >= 0.3 is 0 Å². The van der Waals surface area contributed by atoms with Gasteiger partial charge in [-0.3, -0.25) is 0 Å². The summed E-state index contributed by atoms with van der Waals surface area (Å²) in [6.07, 6.45) is 0. The standard InChI is InChI=1S/C26H30N2O/c1-16-12-18(3)24(19(4)13-16)27-26(22-8-10-23(29-7)11-9-22)28-25-20(5)14-17(2)15-21(25)6/h8-15H,1-7H3,(H,27,28). The molecule has 3 heteroatoms. The number of anilines is 1. The summed E-state index contributed by atoms with van der Waals surface area (Å²) in [5, 5.41) is 3.62. The molecule has 0 bridgehead atoms. The second-order valence-corrected chi connectivity index (χ2v) is 7.83. The summed E-state index contributed by atoms with van der Waals surface area (Å²) in [6, 6.07) is 16.8. The normalized spacial score (nSPS) is 11.5. The highest BCUT2D eigenvalue weighted by atomic mass is 16.5. The number of ether oxygens (including phenoxy) is 1. The quantitative estimate of drug-likeness (QED) is 0.398. The van der Waals surface area contributed by atoms with Crippen molar-refractivity contribution in [2.75, 3.05) is 12.4 Å². The van der Waals surface area contributed by atoms with E-state index in [1.807, 2.05) is 24.3 Å². The van der Waals surface area contributed by atoms with Gasteiger partial charge in [-0.15, -0.1) is 0 Å². The highest BCUT2D eigenvalue weighted by molar-refractivity contribution is 6.10. The lowest BCUT2D eigenvalue weighted by atomic mass is 10.0. The Balaban J connectivity index is 2.15. The Hall–Kier alpha value is -3.07. The first kappa shape index (κ1) is 20.7. The van der Waals surface area contributed by atoms with Crippen LogP contribution in [0.5, 0.6) is 5.75 Å². The maximum absolute atomic E-state index is 5.33. The monoisotopic (exact) mass is 386 g/mol. The van der Waals surface area contributed by atoms with Crippen molar-refractivity contribution in [1.29, 1.82) is 0 Å². The summed E-state index contributed by atoms with van der Waals surface area (Å²) >= 11 is 0. The van der Waals surface area contributed by atoms with Crippen LogP contribution in [0.2, 0.25) is 0 Å². The number of benzene rings is 3. The Morgan fingerprint density at radius 1 is 0.724 bits per heavy atom. The Morgan fingerprint density at radius 2 is 1.21 bits per heavy atom. The van der Waals surface area contributed by atoms with Crippen LogP contribution >= 0.6 is 0 Å². The van der Waals surface area contributed by atoms with Crippen LogP contribution in [-0.2, 0) is 0 Å². The van der Waals surface area contributed by atoms with Gasteiger partial charge in [-0.25, -0.2) is 4.99 Å². The molecule has 3 nitrogen and oxygen atoms in total. The largest absolute Gasteiger partial charge is 0.497 e. The number of hydrogen-bond donors (Lipinski definition) is 1. The van der Waals surface area contributed by atoms with Crippen molar-refractivity contribution in [2.45, 2.75) is 41.5 Å². The second kappa shape index (κ2) is 8.52. The van der Waals surface area contributed by atoms with E-state index in [0.717, 1.165) is 28.5 Å². The van der Waals surface area contributed by atoms with Crippen molar-refractivity contribution >= 4 is 17.2 Å². The molecule has 0 aromatic heterocycles. The summed E-state index contributed by atoms with van der Waals surface area (Å²) in [4.78, 5) is 5.09. The number of aliphatic imine (C=N–C) groups is 1. The van der Waals surface area contributed by atoms with E-state index in [1.165, 1.54) is 33.4 Å². The van der Waals surface area contributed by atoms with E-state index in [9.17, 15) is 0 Å². The van der Waals surface area contributed by atoms with Crippen LogP contribution in [0.25, 0.3) is 0 Å². The van der Waals surface area contributed by atoms with E-state index in [-0.39, 0.29) is 0 Å². The van der Waals surface area contributed by atoms with E-state index in [1.54, 1.807) is 7.11 Å². The maximum Gasteiger partial charge on any atom is 0.138 e. The van der Waals surface area contributed by atoms with Crippen LogP contribution in [0.3, 0.4) is 0 Å². The molecular formula is C26H30N2O. The molecule has 0 amide bonds. The van der Waals surface area contributed by atoms with Gasteiger partial charge in [0.2, 0.25) is 0 Å². The number of hydrogen-bond acceptors (Lipinski definition) is 2. The average molecular weight is 387 g/mol. The smallest absolute Gasteiger partial charge is 0.138 e. The first-order valence-electron chi connectivity index (χ1n) is 9.94. The van der Waals surface area contributed by atoms with Gasteiger partial charge in [-0.2, -0.15) is 0 Å². The molecular weight excluding hydrogens is 356 g/mol. The molecule has 29 heavy (non-hydrogen) atoms. The van der Waals surface area contributed by atoms with Crippen molar-refractivity contribution in [3.8, 4) is 5.75 Å². The third-order valence-electron chi connectivity index (χ3n) is 5.14. The summed E-state index contributed by atoms with van der Waals surface area (Å²) in [7, 11) is 1.68. The molecule has 3 aromatic carbocycles. The molecule has 0 aliphatic rings. The number of nitrogens with one attached hydrogen (secondary N) is 1. The third kappa shape index (κ3) is 4.68. The zero-order chi connectivity index (χ0) is 21.1. The van der Waals surface area contributed by atoms with Crippen molar-refractivity contribution in [3.05, 3.63) is 87.5 Å². The first-order chi connectivity index (χ1) is 13.8. The molecule has 0 unspecified atom stereocenters. The fourth-order valence-electron chi connectivity index (χ4n) is 3.87. The summed E-state index contributed by atoms with van der Waals surface area (Å²) < 4.78 is 5.33. The Kier molecular flexibility index (Phi) is 6.07. The Morgan fingerprint density at radius 3 is 1.69 bits per heavy atom. The number of methoxy groups -OCH3 is 1. The van der Waals surface area contributed by atoms with Crippen LogP contribution in [0, 0.1) is 41.5 Å². The van der Waals surface area contributed by atoms with Crippen molar-refractivity contribution in [3.63, 3.8) is 0 Å². The fraction of sp³-hybridized carbons (Fsp3) is 0.269. The molecule has 0 aliphatic carbocycles. The predicted molar refractivity (Wildman–Crippen MR) is 124 cm³/mol. The zero-order valence-corrected chi connectivity index (χ0v) is 18.5. The molecule has 0 heterocycles. The van der Waals surface area contributed by atoms with Crippen molar-refractivity contribution < 1.29 is 4.74 Å². The average Bonchev–Trinajstić information content (AvgIpc) is 2.65. The molecule has 0 saturated carbocycles. The number of amidine groups is 1. The molecule has 0 atom stereocenters. The van der Waals surface area contributed by atoms with Crippen LogP contribution < -0.4 is 10.1 Å². The molecule has 0 radical (unpaired) electrons. The number of rotatable bonds is 4. The van der Waals surface area contributed by atoms with Crippen LogP contribution in [-0.4, -0.2) is 12.9 Å². The SMILES string of the molecule is COc1ccc(C(=Nc2c(C)cc(C)cc2C)Nc2c(C)cc(C)cc2C)cc1. The van der Waals surface area contributed by atoms with Crippen LogP contribution in [0.15, 0.2) is 53.5 Å².